The van der Waals surface area contributed by atoms with E-state index < -0.39 is 12.1 Å². The largest absolute Gasteiger partial charge is 0.466 e. The molecule has 0 bridgehead atoms. The second kappa shape index (κ2) is 49.3. The molecule has 2 atom stereocenters. The minimum Gasteiger partial charge on any atom is -0.466 e. The lowest BCUT2D eigenvalue weighted by Crippen LogP contribution is -2.45. The Morgan fingerprint density at radius 1 is 0.458 bits per heavy atom. The maximum Gasteiger partial charge on any atom is 0.305 e. The molecule has 0 saturated heterocycles. The molecule has 0 aliphatic carbocycles. The molecular weight excluding hydrogens is 731 g/mol. The quantitative estimate of drug-likeness (QED) is 0.0322. The van der Waals surface area contributed by atoms with Gasteiger partial charge in [0, 0.05) is 12.8 Å². The fourth-order valence-corrected chi connectivity index (χ4v) is 8.22. The van der Waals surface area contributed by atoms with Crippen molar-refractivity contribution in [2.24, 2.45) is 0 Å². The standard InChI is InChI=1S/C53H103NO5/c1-3-5-7-9-11-13-15-17-19-20-21-25-29-33-37-41-45-51(56)50(49-55)54-52(57)46-42-38-34-30-26-23-24-28-32-36-40-44-48-59-53(58)47-43-39-35-31-27-22-18-16-14-12-10-8-6-4-2/h24,28,50-51,55-56H,3-23,25-27,29-49H2,1-2H3,(H,54,57)/b28-24-. The summed E-state index contributed by atoms with van der Waals surface area (Å²) in [7, 11) is 0. The van der Waals surface area contributed by atoms with Gasteiger partial charge in [-0.15, -0.1) is 0 Å². The highest BCUT2D eigenvalue weighted by Gasteiger charge is 2.20. The highest BCUT2D eigenvalue weighted by Crippen LogP contribution is 2.17. The number of ether oxygens (including phenoxy) is 1. The molecule has 59 heavy (non-hydrogen) atoms. The van der Waals surface area contributed by atoms with Crippen LogP contribution in [0.4, 0.5) is 0 Å². The van der Waals surface area contributed by atoms with Crippen LogP contribution in [0.2, 0.25) is 0 Å². The first-order valence-corrected chi connectivity index (χ1v) is 26.4. The van der Waals surface area contributed by atoms with Crippen molar-refractivity contribution >= 4 is 11.9 Å². The lowest BCUT2D eigenvalue weighted by molar-refractivity contribution is -0.143. The average Bonchev–Trinajstić information content (AvgIpc) is 3.24. The van der Waals surface area contributed by atoms with Crippen LogP contribution in [0.25, 0.3) is 0 Å². The predicted molar refractivity (Wildman–Crippen MR) is 255 cm³/mol. The number of hydrogen-bond acceptors (Lipinski definition) is 5. The number of rotatable bonds is 49. The third-order valence-electron chi connectivity index (χ3n) is 12.3. The summed E-state index contributed by atoms with van der Waals surface area (Å²) in [6.45, 7) is 4.91. The second-order valence-electron chi connectivity index (χ2n) is 18.2. The molecule has 0 aliphatic heterocycles. The van der Waals surface area contributed by atoms with Gasteiger partial charge in [-0.05, 0) is 57.8 Å². The first kappa shape index (κ1) is 57.6. The first-order chi connectivity index (χ1) is 29.0. The van der Waals surface area contributed by atoms with E-state index in [-0.39, 0.29) is 18.5 Å². The van der Waals surface area contributed by atoms with Gasteiger partial charge in [0.15, 0.2) is 0 Å². The number of carbonyl (C=O) groups excluding carboxylic acids is 2. The van der Waals surface area contributed by atoms with Crippen molar-refractivity contribution in [3.63, 3.8) is 0 Å². The minimum atomic E-state index is -0.679. The first-order valence-electron chi connectivity index (χ1n) is 26.4. The van der Waals surface area contributed by atoms with Gasteiger partial charge in [0.2, 0.25) is 5.91 Å². The normalized spacial score (nSPS) is 12.7. The number of amides is 1. The van der Waals surface area contributed by atoms with Crippen molar-refractivity contribution in [1.82, 2.24) is 5.32 Å². The summed E-state index contributed by atoms with van der Waals surface area (Å²) in [5.41, 5.74) is 0. The Bertz CT molecular complexity index is 878. The summed E-state index contributed by atoms with van der Waals surface area (Å²) in [6.07, 6.45) is 56.1. The molecular formula is C53H103NO5. The molecule has 0 aromatic rings. The minimum absolute atomic E-state index is 0.0201. The Kier molecular flexibility index (Phi) is 48.1. The van der Waals surface area contributed by atoms with Crippen LogP contribution in [-0.2, 0) is 14.3 Å². The van der Waals surface area contributed by atoms with Crippen molar-refractivity contribution in [3.05, 3.63) is 12.2 Å². The molecule has 0 heterocycles. The highest BCUT2D eigenvalue weighted by molar-refractivity contribution is 5.76. The number of unbranched alkanes of at least 4 members (excludes halogenated alkanes) is 36. The van der Waals surface area contributed by atoms with Gasteiger partial charge in [0.1, 0.15) is 0 Å². The number of hydrogen-bond donors (Lipinski definition) is 3. The van der Waals surface area contributed by atoms with Crippen molar-refractivity contribution < 1.29 is 24.5 Å². The number of aliphatic hydroxyl groups excluding tert-OH is 2. The fraction of sp³-hybridized carbons (Fsp3) is 0.925. The van der Waals surface area contributed by atoms with Crippen molar-refractivity contribution in [2.75, 3.05) is 13.2 Å². The average molecular weight is 834 g/mol. The predicted octanol–water partition coefficient (Wildman–Crippen LogP) is 15.7. The molecule has 350 valence electrons. The van der Waals surface area contributed by atoms with Gasteiger partial charge in [-0.2, -0.15) is 0 Å². The molecule has 0 aliphatic rings. The number of nitrogens with one attached hydrogen (secondary N) is 1. The molecule has 2 unspecified atom stereocenters. The third kappa shape index (κ3) is 45.9. The van der Waals surface area contributed by atoms with Gasteiger partial charge in [0.25, 0.3) is 0 Å². The summed E-state index contributed by atoms with van der Waals surface area (Å²) in [4.78, 5) is 24.5. The van der Waals surface area contributed by atoms with E-state index in [1.54, 1.807) is 0 Å². The van der Waals surface area contributed by atoms with Gasteiger partial charge in [0.05, 0.1) is 25.4 Å². The summed E-state index contributed by atoms with van der Waals surface area (Å²) in [6, 6.07) is -0.559. The molecule has 0 aromatic heterocycles. The Morgan fingerprint density at radius 2 is 0.797 bits per heavy atom. The van der Waals surface area contributed by atoms with E-state index in [4.69, 9.17) is 4.74 Å². The van der Waals surface area contributed by atoms with Gasteiger partial charge in [-0.3, -0.25) is 9.59 Å². The Labute approximate surface area is 368 Å². The second-order valence-corrected chi connectivity index (χ2v) is 18.2. The van der Waals surface area contributed by atoms with E-state index >= 15 is 0 Å². The Hall–Kier alpha value is -1.40. The van der Waals surface area contributed by atoms with Crippen LogP contribution in [0, 0.1) is 0 Å². The topological polar surface area (TPSA) is 95.9 Å². The van der Waals surface area contributed by atoms with Crippen LogP contribution in [0.15, 0.2) is 12.2 Å². The maximum absolute atomic E-state index is 12.4. The van der Waals surface area contributed by atoms with Crippen molar-refractivity contribution in [2.45, 2.75) is 302 Å². The summed E-state index contributed by atoms with van der Waals surface area (Å²) >= 11 is 0. The zero-order valence-electron chi connectivity index (χ0n) is 39.7. The Balaban J connectivity index is 3.49. The number of esters is 1. The van der Waals surface area contributed by atoms with E-state index in [9.17, 15) is 19.8 Å². The number of aliphatic hydroxyl groups is 2. The van der Waals surface area contributed by atoms with E-state index in [1.165, 1.54) is 180 Å². The number of carbonyl (C=O) groups is 2. The molecule has 0 rings (SSSR count). The van der Waals surface area contributed by atoms with Crippen LogP contribution in [0.3, 0.4) is 0 Å². The third-order valence-corrected chi connectivity index (χ3v) is 12.3. The monoisotopic (exact) mass is 834 g/mol. The summed E-state index contributed by atoms with van der Waals surface area (Å²) in [5, 5.41) is 23.2. The Morgan fingerprint density at radius 3 is 1.20 bits per heavy atom. The molecule has 0 radical (unpaired) electrons. The number of allylic oxidation sites excluding steroid dienone is 2. The molecule has 0 spiro atoms. The lowest BCUT2D eigenvalue weighted by atomic mass is 10.0. The van der Waals surface area contributed by atoms with E-state index in [0.29, 0.717) is 25.9 Å². The smallest absolute Gasteiger partial charge is 0.305 e. The zero-order valence-corrected chi connectivity index (χ0v) is 39.7. The fourth-order valence-electron chi connectivity index (χ4n) is 8.22. The van der Waals surface area contributed by atoms with E-state index in [2.05, 4.69) is 31.3 Å². The van der Waals surface area contributed by atoms with Gasteiger partial charge >= 0.3 is 5.97 Å². The SMILES string of the molecule is CCCCCCCCCCCCCCCCCCC(O)C(CO)NC(=O)CCCCCCC/C=C\CCCCCOC(=O)CCCCCCCCCCCCCCCC. The summed E-state index contributed by atoms with van der Waals surface area (Å²) in [5.74, 6) is -0.0790. The summed E-state index contributed by atoms with van der Waals surface area (Å²) < 4.78 is 5.45. The molecule has 1 amide bonds. The van der Waals surface area contributed by atoms with Crippen LogP contribution in [0.5, 0.6) is 0 Å². The molecule has 6 nitrogen and oxygen atoms in total. The van der Waals surface area contributed by atoms with Crippen LogP contribution >= 0.6 is 0 Å². The van der Waals surface area contributed by atoms with Crippen molar-refractivity contribution in [3.8, 4) is 0 Å². The molecule has 0 aromatic carbocycles. The van der Waals surface area contributed by atoms with E-state index in [0.717, 1.165) is 77.0 Å². The highest BCUT2D eigenvalue weighted by atomic mass is 16.5. The van der Waals surface area contributed by atoms with Gasteiger partial charge in [-0.1, -0.05) is 231 Å². The molecule has 6 heteroatoms. The van der Waals surface area contributed by atoms with Gasteiger partial charge < -0.3 is 20.3 Å². The van der Waals surface area contributed by atoms with Crippen LogP contribution < -0.4 is 5.32 Å². The molecule has 3 N–H and O–H groups in total. The van der Waals surface area contributed by atoms with Crippen molar-refractivity contribution in [1.29, 1.82) is 0 Å². The van der Waals surface area contributed by atoms with E-state index in [1.807, 2.05) is 0 Å². The lowest BCUT2D eigenvalue weighted by Gasteiger charge is -2.22. The van der Waals surface area contributed by atoms with Gasteiger partial charge in [-0.25, -0.2) is 0 Å². The van der Waals surface area contributed by atoms with Crippen LogP contribution in [-0.4, -0.2) is 47.4 Å². The molecule has 0 fully saturated rings. The van der Waals surface area contributed by atoms with Crippen LogP contribution in [0.1, 0.15) is 290 Å². The maximum atomic E-state index is 12.4. The zero-order chi connectivity index (χ0) is 43.0. The molecule has 0 saturated carbocycles.